The second-order valence-electron chi connectivity index (χ2n) is 5.44. The van der Waals surface area contributed by atoms with E-state index in [-0.39, 0.29) is 11.1 Å². The Labute approximate surface area is 121 Å². The van der Waals surface area contributed by atoms with E-state index in [4.69, 9.17) is 0 Å². The smallest absolute Gasteiger partial charge is 0.258 e. The lowest BCUT2D eigenvalue weighted by Crippen LogP contribution is -2.35. The first kappa shape index (κ1) is 15.4. The summed E-state index contributed by atoms with van der Waals surface area (Å²) < 4.78 is 27.3. The maximum atomic E-state index is 12.3. The highest BCUT2D eigenvalue weighted by Gasteiger charge is 2.27. The molecule has 6 heteroatoms. The zero-order valence-corrected chi connectivity index (χ0v) is 12.9. The molecule has 1 heterocycles. The van der Waals surface area contributed by atoms with Gasteiger partial charge in [0.05, 0.1) is 0 Å². The van der Waals surface area contributed by atoms with Gasteiger partial charge < -0.3 is 5.32 Å². The normalized spacial score (nSPS) is 17.1. The lowest BCUT2D eigenvalue weighted by molar-refractivity contribution is 0.493. The molecule has 0 radical (unpaired) electrons. The van der Waals surface area contributed by atoms with Crippen molar-refractivity contribution >= 4 is 10.0 Å². The van der Waals surface area contributed by atoms with Crippen LogP contribution in [-0.4, -0.2) is 26.5 Å². The topological polar surface area (TPSA) is 71.1 Å². The minimum atomic E-state index is -3.50. The van der Waals surface area contributed by atoms with Crippen LogP contribution in [-0.2, 0) is 16.6 Å². The van der Waals surface area contributed by atoms with Crippen LogP contribution in [0.25, 0.3) is 0 Å². The second kappa shape index (κ2) is 6.65. The molecule has 0 aliphatic heterocycles. The van der Waals surface area contributed by atoms with E-state index >= 15 is 0 Å². The molecule has 112 valence electrons. The summed E-state index contributed by atoms with van der Waals surface area (Å²) in [6.07, 6.45) is 5.82. The van der Waals surface area contributed by atoms with Gasteiger partial charge in [0.25, 0.3) is 10.0 Å². The van der Waals surface area contributed by atoms with Crippen molar-refractivity contribution in [1.29, 1.82) is 0 Å². The summed E-state index contributed by atoms with van der Waals surface area (Å²) in [5, 5.41) is 3.11. The molecule has 1 aliphatic carbocycles. The molecular weight excluding hydrogens is 274 g/mol. The average Bonchev–Trinajstić information content (AvgIpc) is 3.23. The van der Waals surface area contributed by atoms with Gasteiger partial charge in [-0.15, -0.1) is 0 Å². The minimum absolute atomic E-state index is 0.0197. The summed E-state index contributed by atoms with van der Waals surface area (Å²) in [4.78, 5) is 4.06. The Hall–Kier alpha value is -0.980. The minimum Gasteiger partial charge on any atom is -0.316 e. The lowest BCUT2D eigenvalue weighted by atomic mass is 10.1. The van der Waals surface area contributed by atoms with Gasteiger partial charge in [-0.25, -0.2) is 18.1 Å². The number of nitrogens with zero attached hydrogens (tertiary/aromatic N) is 1. The van der Waals surface area contributed by atoms with Gasteiger partial charge in [-0.2, -0.15) is 0 Å². The largest absolute Gasteiger partial charge is 0.316 e. The first-order chi connectivity index (χ1) is 9.55. The number of hydrogen-bond acceptors (Lipinski definition) is 4. The van der Waals surface area contributed by atoms with E-state index < -0.39 is 10.0 Å². The molecule has 1 saturated carbocycles. The van der Waals surface area contributed by atoms with Gasteiger partial charge in [0.2, 0.25) is 0 Å². The Kier molecular flexibility index (Phi) is 5.12. The van der Waals surface area contributed by atoms with E-state index in [2.05, 4.69) is 15.0 Å². The maximum Gasteiger partial charge on any atom is 0.258 e. The summed E-state index contributed by atoms with van der Waals surface area (Å²) >= 11 is 0. The molecule has 2 N–H and O–H groups in total. The molecule has 0 saturated heterocycles. The highest BCUT2D eigenvalue weighted by atomic mass is 32.2. The third-order valence-electron chi connectivity index (χ3n) is 3.58. The molecule has 2 rings (SSSR count). The molecule has 5 nitrogen and oxygen atoms in total. The Bertz CT molecular complexity index is 524. The fourth-order valence-electron chi connectivity index (χ4n) is 2.21. The van der Waals surface area contributed by atoms with Crippen molar-refractivity contribution in [2.75, 3.05) is 7.05 Å². The fourth-order valence-corrected chi connectivity index (χ4v) is 3.47. The Morgan fingerprint density at radius 3 is 2.65 bits per heavy atom. The standard InChI is InChI=1S/C14H23N3O2S/c1-3-13(8-11-4-5-11)17-20(18,19)14-7-6-12(9-15-2)10-16-14/h6-7,10-11,13,15,17H,3-5,8-9H2,1-2H3. The summed E-state index contributed by atoms with van der Waals surface area (Å²) in [6, 6.07) is 3.38. The van der Waals surface area contributed by atoms with Gasteiger partial charge in [0.15, 0.2) is 5.03 Å². The number of aromatic nitrogens is 1. The molecule has 1 aromatic heterocycles. The van der Waals surface area contributed by atoms with Crippen LogP contribution in [0.1, 0.15) is 38.2 Å². The van der Waals surface area contributed by atoms with Crippen molar-refractivity contribution < 1.29 is 8.42 Å². The number of pyridine rings is 1. The maximum absolute atomic E-state index is 12.3. The van der Waals surface area contributed by atoms with Gasteiger partial charge in [0.1, 0.15) is 0 Å². The van der Waals surface area contributed by atoms with Crippen LogP contribution in [0.4, 0.5) is 0 Å². The summed E-state index contributed by atoms with van der Waals surface area (Å²) in [6.45, 7) is 2.69. The van der Waals surface area contributed by atoms with Crippen LogP contribution in [0.2, 0.25) is 0 Å². The summed E-state index contributed by atoms with van der Waals surface area (Å²) in [7, 11) is -1.66. The van der Waals surface area contributed by atoms with Crippen LogP contribution in [0.3, 0.4) is 0 Å². The predicted octanol–water partition coefficient (Wildman–Crippen LogP) is 1.66. The van der Waals surface area contributed by atoms with Crippen LogP contribution < -0.4 is 10.0 Å². The second-order valence-corrected chi connectivity index (χ2v) is 7.10. The highest BCUT2D eigenvalue weighted by molar-refractivity contribution is 7.89. The van der Waals surface area contributed by atoms with Gasteiger partial charge in [-0.1, -0.05) is 25.8 Å². The molecule has 1 unspecified atom stereocenters. The zero-order chi connectivity index (χ0) is 14.6. The molecule has 1 atom stereocenters. The van der Waals surface area contributed by atoms with Gasteiger partial charge in [0, 0.05) is 18.8 Å². The Morgan fingerprint density at radius 2 is 2.15 bits per heavy atom. The van der Waals surface area contributed by atoms with Crippen molar-refractivity contribution in [1.82, 2.24) is 15.0 Å². The van der Waals surface area contributed by atoms with E-state index in [1.54, 1.807) is 18.3 Å². The molecule has 1 fully saturated rings. The SMILES string of the molecule is CCC(CC1CC1)NS(=O)(=O)c1ccc(CNC)cn1. The van der Waals surface area contributed by atoms with Crippen LogP contribution in [0.15, 0.2) is 23.4 Å². The number of hydrogen-bond donors (Lipinski definition) is 2. The molecule has 0 bridgehead atoms. The van der Waals surface area contributed by atoms with Crippen molar-refractivity contribution in [3.63, 3.8) is 0 Å². The fraction of sp³-hybridized carbons (Fsp3) is 0.643. The molecule has 1 aliphatic rings. The van der Waals surface area contributed by atoms with Crippen molar-refractivity contribution in [2.45, 2.75) is 50.2 Å². The van der Waals surface area contributed by atoms with E-state index in [9.17, 15) is 8.42 Å². The molecule has 0 amide bonds. The van der Waals surface area contributed by atoms with E-state index in [1.165, 1.54) is 12.8 Å². The van der Waals surface area contributed by atoms with Crippen LogP contribution in [0.5, 0.6) is 0 Å². The average molecular weight is 297 g/mol. The quantitative estimate of drug-likeness (QED) is 0.765. The number of rotatable bonds is 8. The summed E-state index contributed by atoms with van der Waals surface area (Å²) in [5.74, 6) is 0.702. The molecule has 20 heavy (non-hydrogen) atoms. The molecular formula is C14H23N3O2S. The van der Waals surface area contributed by atoms with E-state index in [0.717, 1.165) is 18.4 Å². The predicted molar refractivity (Wildman–Crippen MR) is 78.7 cm³/mol. The Balaban J connectivity index is 2.03. The van der Waals surface area contributed by atoms with E-state index in [0.29, 0.717) is 12.5 Å². The van der Waals surface area contributed by atoms with Crippen molar-refractivity contribution in [3.05, 3.63) is 23.9 Å². The van der Waals surface area contributed by atoms with Gasteiger partial charge in [-0.05, 0) is 37.4 Å². The Morgan fingerprint density at radius 1 is 1.40 bits per heavy atom. The van der Waals surface area contributed by atoms with E-state index in [1.807, 2.05) is 14.0 Å². The first-order valence-corrected chi connectivity index (χ1v) is 8.65. The van der Waals surface area contributed by atoms with Gasteiger partial charge >= 0.3 is 0 Å². The third kappa shape index (κ3) is 4.26. The number of sulfonamides is 1. The molecule has 0 aromatic carbocycles. The lowest BCUT2D eigenvalue weighted by Gasteiger charge is -2.16. The molecule has 0 spiro atoms. The first-order valence-electron chi connectivity index (χ1n) is 7.17. The molecule has 1 aromatic rings. The van der Waals surface area contributed by atoms with Crippen molar-refractivity contribution in [2.24, 2.45) is 5.92 Å². The van der Waals surface area contributed by atoms with Crippen LogP contribution >= 0.6 is 0 Å². The highest BCUT2D eigenvalue weighted by Crippen LogP contribution is 2.34. The summed E-state index contributed by atoms with van der Waals surface area (Å²) in [5.41, 5.74) is 0.969. The van der Waals surface area contributed by atoms with Crippen LogP contribution in [0, 0.1) is 5.92 Å². The monoisotopic (exact) mass is 297 g/mol. The third-order valence-corrected chi connectivity index (χ3v) is 5.02. The number of nitrogens with one attached hydrogen (secondary N) is 2. The van der Waals surface area contributed by atoms with Gasteiger partial charge in [-0.3, -0.25) is 0 Å². The zero-order valence-electron chi connectivity index (χ0n) is 12.1. The van der Waals surface area contributed by atoms with Crippen molar-refractivity contribution in [3.8, 4) is 0 Å².